The number of rotatable bonds is 4. The number of halogens is 1. The van der Waals surface area contributed by atoms with E-state index >= 15 is 0 Å². The third kappa shape index (κ3) is 4.85. The summed E-state index contributed by atoms with van der Waals surface area (Å²) in [5, 5.41) is 2.84. The molecule has 2 amide bonds. The minimum Gasteiger partial charge on any atom is -0.495 e. The zero-order chi connectivity index (χ0) is 18.4. The predicted octanol–water partition coefficient (Wildman–Crippen LogP) is 2.09. The van der Waals surface area contributed by atoms with E-state index in [0.29, 0.717) is 42.5 Å². The van der Waals surface area contributed by atoms with Gasteiger partial charge in [-0.3, -0.25) is 14.4 Å². The van der Waals surface area contributed by atoms with E-state index in [-0.39, 0.29) is 18.4 Å². The number of likely N-dealkylation sites (tertiary alicyclic amines) is 1. The molecule has 0 spiro atoms. The van der Waals surface area contributed by atoms with Gasteiger partial charge in [-0.25, -0.2) is 0 Å². The molecule has 0 radical (unpaired) electrons. The largest absolute Gasteiger partial charge is 0.495 e. The Bertz CT molecular complexity index is 664. The van der Waals surface area contributed by atoms with Crippen LogP contribution in [-0.2, 0) is 19.1 Å². The number of benzene rings is 1. The summed E-state index contributed by atoms with van der Waals surface area (Å²) >= 11 is 6.00. The summed E-state index contributed by atoms with van der Waals surface area (Å²) < 4.78 is 10.0. The molecule has 0 aromatic heterocycles. The predicted molar refractivity (Wildman–Crippen MR) is 92.6 cm³/mol. The van der Waals surface area contributed by atoms with Crippen molar-refractivity contribution in [2.45, 2.75) is 19.8 Å². The Hall–Kier alpha value is -2.28. The number of nitrogens with zero attached hydrogens (tertiary/aromatic N) is 1. The molecule has 0 bridgehead atoms. The molecule has 1 saturated heterocycles. The van der Waals surface area contributed by atoms with Crippen LogP contribution in [0.15, 0.2) is 18.2 Å². The van der Waals surface area contributed by atoms with Crippen LogP contribution in [0.5, 0.6) is 5.75 Å². The monoisotopic (exact) mass is 368 g/mol. The molecule has 0 saturated carbocycles. The molecule has 2 rings (SSSR count). The number of ether oxygens (including phenoxy) is 2. The molecule has 25 heavy (non-hydrogen) atoms. The van der Waals surface area contributed by atoms with Crippen LogP contribution in [0, 0.1) is 5.92 Å². The molecule has 1 atom stereocenters. The Morgan fingerprint density at radius 3 is 2.76 bits per heavy atom. The third-order valence-electron chi connectivity index (χ3n) is 3.93. The first kappa shape index (κ1) is 19.1. The van der Waals surface area contributed by atoms with E-state index in [0.717, 1.165) is 0 Å². The number of carbonyl (C=O) groups excluding carboxylic acids is 3. The number of anilines is 1. The zero-order valence-electron chi connectivity index (χ0n) is 14.2. The van der Waals surface area contributed by atoms with Gasteiger partial charge in [-0.05, 0) is 38.0 Å². The van der Waals surface area contributed by atoms with Gasteiger partial charge < -0.3 is 19.7 Å². The molecule has 1 aromatic rings. The molecule has 7 nitrogen and oxygen atoms in total. The Morgan fingerprint density at radius 2 is 2.12 bits per heavy atom. The topological polar surface area (TPSA) is 84.9 Å². The van der Waals surface area contributed by atoms with Gasteiger partial charge in [0.25, 0.3) is 0 Å². The van der Waals surface area contributed by atoms with Gasteiger partial charge >= 0.3 is 17.8 Å². The highest BCUT2D eigenvalue weighted by molar-refractivity contribution is 6.39. The molecule has 1 aromatic carbocycles. The fourth-order valence-corrected chi connectivity index (χ4v) is 2.94. The normalized spacial score (nSPS) is 16.9. The van der Waals surface area contributed by atoms with E-state index in [2.05, 4.69) is 5.32 Å². The molecular weight excluding hydrogens is 348 g/mol. The molecule has 0 aliphatic carbocycles. The van der Waals surface area contributed by atoms with Gasteiger partial charge in [-0.15, -0.1) is 0 Å². The Balaban J connectivity index is 1.98. The van der Waals surface area contributed by atoms with Crippen LogP contribution in [0.25, 0.3) is 0 Å². The lowest BCUT2D eigenvalue weighted by atomic mass is 9.98. The van der Waals surface area contributed by atoms with Gasteiger partial charge in [0, 0.05) is 18.8 Å². The Labute approximate surface area is 151 Å². The second-order valence-electron chi connectivity index (χ2n) is 5.65. The summed E-state index contributed by atoms with van der Waals surface area (Å²) in [6.07, 6.45) is 1.30. The number of nitrogens with one attached hydrogen (secondary N) is 1. The van der Waals surface area contributed by atoms with Crippen molar-refractivity contribution in [1.29, 1.82) is 0 Å². The van der Waals surface area contributed by atoms with E-state index in [9.17, 15) is 14.4 Å². The fourth-order valence-electron chi connectivity index (χ4n) is 2.69. The number of hydrogen-bond acceptors (Lipinski definition) is 5. The van der Waals surface area contributed by atoms with Crippen molar-refractivity contribution in [2.75, 3.05) is 32.1 Å². The number of methoxy groups -OCH3 is 1. The summed E-state index contributed by atoms with van der Waals surface area (Å²) in [5.41, 5.74) is 0.392. The second kappa shape index (κ2) is 8.71. The average molecular weight is 369 g/mol. The third-order valence-corrected chi connectivity index (χ3v) is 4.23. The van der Waals surface area contributed by atoms with Crippen molar-refractivity contribution in [3.63, 3.8) is 0 Å². The van der Waals surface area contributed by atoms with Crippen molar-refractivity contribution in [1.82, 2.24) is 4.90 Å². The summed E-state index contributed by atoms with van der Waals surface area (Å²) in [4.78, 5) is 37.7. The minimum atomic E-state index is -0.772. The fraction of sp³-hybridized carbons (Fsp3) is 0.471. The first-order chi connectivity index (χ1) is 12.0. The van der Waals surface area contributed by atoms with Crippen molar-refractivity contribution in [3.8, 4) is 5.75 Å². The van der Waals surface area contributed by atoms with E-state index < -0.39 is 11.8 Å². The molecule has 1 fully saturated rings. The highest BCUT2D eigenvalue weighted by atomic mass is 35.5. The molecule has 1 aliphatic heterocycles. The van der Waals surface area contributed by atoms with Gasteiger partial charge in [-0.2, -0.15) is 0 Å². The number of hydrogen-bond donors (Lipinski definition) is 1. The van der Waals surface area contributed by atoms with Crippen LogP contribution in [-0.4, -0.2) is 49.5 Å². The second-order valence-corrected chi connectivity index (χ2v) is 6.05. The Kier molecular flexibility index (Phi) is 6.64. The molecule has 8 heteroatoms. The van der Waals surface area contributed by atoms with Gasteiger partial charge in [0.2, 0.25) is 0 Å². The van der Waals surface area contributed by atoms with E-state index in [4.69, 9.17) is 21.1 Å². The molecule has 1 aliphatic rings. The van der Waals surface area contributed by atoms with E-state index in [1.54, 1.807) is 19.1 Å². The van der Waals surface area contributed by atoms with Crippen LogP contribution in [0.2, 0.25) is 5.02 Å². The van der Waals surface area contributed by atoms with Crippen LogP contribution >= 0.6 is 11.6 Å². The van der Waals surface area contributed by atoms with E-state index in [1.165, 1.54) is 18.1 Å². The van der Waals surface area contributed by atoms with Crippen LogP contribution in [0.4, 0.5) is 5.69 Å². The van der Waals surface area contributed by atoms with Crippen molar-refractivity contribution in [2.24, 2.45) is 5.92 Å². The van der Waals surface area contributed by atoms with Crippen LogP contribution in [0.3, 0.4) is 0 Å². The van der Waals surface area contributed by atoms with Gasteiger partial charge in [0.15, 0.2) is 0 Å². The molecule has 1 heterocycles. The maximum absolute atomic E-state index is 12.3. The van der Waals surface area contributed by atoms with Crippen LogP contribution < -0.4 is 10.1 Å². The van der Waals surface area contributed by atoms with Gasteiger partial charge in [-0.1, -0.05) is 11.6 Å². The van der Waals surface area contributed by atoms with Crippen molar-refractivity contribution >= 4 is 35.1 Å². The smallest absolute Gasteiger partial charge is 0.313 e. The average Bonchev–Trinajstić information content (AvgIpc) is 2.61. The van der Waals surface area contributed by atoms with Gasteiger partial charge in [0.05, 0.1) is 24.7 Å². The maximum atomic E-state index is 12.3. The first-order valence-electron chi connectivity index (χ1n) is 8.06. The maximum Gasteiger partial charge on any atom is 0.313 e. The lowest BCUT2D eigenvalue weighted by Crippen LogP contribution is -2.47. The molecular formula is C17H21ClN2O5. The molecule has 136 valence electrons. The SMILES string of the molecule is CCOC(=O)C1CCCN(C(=O)C(=O)Nc2ccc(OC)c(Cl)c2)C1. The summed E-state index contributed by atoms with van der Waals surface area (Å²) in [6, 6.07) is 4.69. The molecule has 1 N–H and O–H groups in total. The van der Waals surface area contributed by atoms with Gasteiger partial charge in [0.1, 0.15) is 5.75 Å². The number of esters is 1. The first-order valence-corrected chi connectivity index (χ1v) is 8.44. The zero-order valence-corrected chi connectivity index (χ0v) is 15.0. The quantitative estimate of drug-likeness (QED) is 0.649. The number of carbonyl (C=O) groups is 3. The summed E-state index contributed by atoms with van der Waals surface area (Å²) in [6.45, 7) is 2.65. The van der Waals surface area contributed by atoms with Crippen molar-refractivity contribution < 1.29 is 23.9 Å². The highest BCUT2D eigenvalue weighted by Gasteiger charge is 2.32. The molecule has 1 unspecified atom stereocenters. The lowest BCUT2D eigenvalue weighted by Gasteiger charge is -2.31. The van der Waals surface area contributed by atoms with Crippen LogP contribution in [0.1, 0.15) is 19.8 Å². The number of piperidine rings is 1. The lowest BCUT2D eigenvalue weighted by molar-refractivity contribution is -0.153. The highest BCUT2D eigenvalue weighted by Crippen LogP contribution is 2.27. The Morgan fingerprint density at radius 1 is 1.36 bits per heavy atom. The van der Waals surface area contributed by atoms with E-state index in [1.807, 2.05) is 0 Å². The summed E-state index contributed by atoms with van der Waals surface area (Å²) in [7, 11) is 1.49. The standard InChI is InChI=1S/C17H21ClN2O5/c1-3-25-17(23)11-5-4-8-20(10-11)16(22)15(21)19-12-6-7-14(24-2)13(18)9-12/h6-7,9,11H,3-5,8,10H2,1-2H3,(H,19,21). The number of amides is 2. The summed E-state index contributed by atoms with van der Waals surface area (Å²) in [5.74, 6) is -1.70. The minimum absolute atomic E-state index is 0.189. The van der Waals surface area contributed by atoms with Crippen molar-refractivity contribution in [3.05, 3.63) is 23.2 Å².